The standard InChI is InChI=1S/C40H34O10/c1-45-35(41)21-7-25-3-9-27(10-4-25)29-13-17-31(18-14-29)39(43)49-33-23-47-38-34(24-48-37(33)38)50-40(44)32-19-15-30(16-20-32)28-11-5-26(6-12-28)8-22-36(42)46-2/h3-22,33-34,37-38H,23-24H2,1-2H3/b21-7+,22-8+/t33-,34+,37-,38-/m1/s1. The number of rotatable bonds is 10. The summed E-state index contributed by atoms with van der Waals surface area (Å²) in [6, 6.07) is 29.3. The summed E-state index contributed by atoms with van der Waals surface area (Å²) in [4.78, 5) is 48.6. The number of hydrogen-bond donors (Lipinski definition) is 0. The van der Waals surface area contributed by atoms with Crippen molar-refractivity contribution in [3.8, 4) is 22.3 Å². The number of methoxy groups -OCH3 is 2. The molecule has 10 heteroatoms. The van der Waals surface area contributed by atoms with Crippen molar-refractivity contribution in [2.45, 2.75) is 24.4 Å². The fourth-order valence-corrected chi connectivity index (χ4v) is 5.68. The number of carbonyl (C=O) groups excluding carboxylic acids is 4. The van der Waals surface area contributed by atoms with Gasteiger partial charge in [-0.1, -0.05) is 72.8 Å². The highest BCUT2D eigenvalue weighted by Crippen LogP contribution is 2.32. The number of carbonyl (C=O) groups is 4. The van der Waals surface area contributed by atoms with E-state index in [4.69, 9.17) is 18.9 Å². The molecule has 0 aliphatic carbocycles. The second-order valence-corrected chi connectivity index (χ2v) is 11.6. The third-order valence-corrected chi connectivity index (χ3v) is 8.43. The summed E-state index contributed by atoms with van der Waals surface area (Å²) in [7, 11) is 2.65. The number of hydrogen-bond acceptors (Lipinski definition) is 10. The van der Waals surface area contributed by atoms with Gasteiger partial charge in [0.15, 0.2) is 12.2 Å². The zero-order valence-corrected chi connectivity index (χ0v) is 27.4. The molecule has 50 heavy (non-hydrogen) atoms. The molecule has 0 saturated carbocycles. The Balaban J connectivity index is 0.998. The van der Waals surface area contributed by atoms with E-state index in [0.29, 0.717) is 11.1 Å². The molecule has 0 N–H and O–H groups in total. The fourth-order valence-electron chi connectivity index (χ4n) is 5.68. The first-order valence-corrected chi connectivity index (χ1v) is 15.9. The van der Waals surface area contributed by atoms with E-state index < -0.39 is 48.3 Å². The van der Waals surface area contributed by atoms with E-state index in [-0.39, 0.29) is 13.2 Å². The molecule has 0 unspecified atom stereocenters. The molecule has 4 atom stereocenters. The molecule has 2 aliphatic rings. The van der Waals surface area contributed by atoms with Crippen LogP contribution in [0.3, 0.4) is 0 Å². The molecular formula is C40H34O10. The molecule has 0 bridgehead atoms. The smallest absolute Gasteiger partial charge is 0.338 e. The maximum atomic E-state index is 13.0. The van der Waals surface area contributed by atoms with E-state index in [1.165, 1.54) is 26.4 Å². The highest BCUT2D eigenvalue weighted by Gasteiger charge is 2.51. The van der Waals surface area contributed by atoms with Crippen LogP contribution in [0.4, 0.5) is 0 Å². The van der Waals surface area contributed by atoms with Crippen LogP contribution in [0.1, 0.15) is 31.8 Å². The van der Waals surface area contributed by atoms with Crippen LogP contribution in [0.2, 0.25) is 0 Å². The highest BCUT2D eigenvalue weighted by molar-refractivity contribution is 5.91. The molecule has 0 aromatic heterocycles. The number of fused-ring (bicyclic) bond motifs is 1. The third-order valence-electron chi connectivity index (χ3n) is 8.43. The van der Waals surface area contributed by atoms with E-state index in [9.17, 15) is 19.2 Å². The third kappa shape index (κ3) is 8.06. The van der Waals surface area contributed by atoms with E-state index in [1.807, 2.05) is 72.8 Å². The summed E-state index contributed by atoms with van der Waals surface area (Å²) in [5.74, 6) is -1.87. The zero-order chi connectivity index (χ0) is 35.0. The predicted octanol–water partition coefficient (Wildman–Crippen LogP) is 5.94. The van der Waals surface area contributed by atoms with Gasteiger partial charge in [0.2, 0.25) is 0 Å². The Morgan fingerprint density at radius 2 is 0.840 bits per heavy atom. The van der Waals surface area contributed by atoms with Gasteiger partial charge in [-0.25, -0.2) is 19.2 Å². The molecule has 0 amide bonds. The van der Waals surface area contributed by atoms with Gasteiger partial charge in [0.05, 0.1) is 38.6 Å². The van der Waals surface area contributed by atoms with Gasteiger partial charge in [0.25, 0.3) is 0 Å². The van der Waals surface area contributed by atoms with Crippen LogP contribution >= 0.6 is 0 Å². The van der Waals surface area contributed by atoms with Crippen LogP contribution < -0.4 is 0 Å². The molecule has 10 nitrogen and oxygen atoms in total. The lowest BCUT2D eigenvalue weighted by atomic mass is 10.0. The van der Waals surface area contributed by atoms with E-state index in [0.717, 1.165) is 33.4 Å². The SMILES string of the molecule is COC(=O)/C=C/c1ccc(-c2ccc(C(=O)O[C@H]3CO[C@H]4[C@@H]3OC[C@H]4OC(=O)c3ccc(-c4ccc(/C=C/C(=O)OC)cc4)cc3)cc2)cc1. The Bertz CT molecular complexity index is 1750. The Kier molecular flexibility index (Phi) is 10.6. The van der Waals surface area contributed by atoms with Crippen LogP contribution in [-0.2, 0) is 38.0 Å². The van der Waals surface area contributed by atoms with Crippen LogP contribution in [0, 0.1) is 0 Å². The van der Waals surface area contributed by atoms with Gasteiger partial charge in [-0.2, -0.15) is 0 Å². The monoisotopic (exact) mass is 674 g/mol. The highest BCUT2D eigenvalue weighted by atomic mass is 16.7. The largest absolute Gasteiger partial charge is 0.466 e. The maximum absolute atomic E-state index is 13.0. The quantitative estimate of drug-likeness (QED) is 0.113. The van der Waals surface area contributed by atoms with Crippen molar-refractivity contribution < 1.29 is 47.6 Å². The van der Waals surface area contributed by atoms with Crippen molar-refractivity contribution in [3.05, 3.63) is 131 Å². The van der Waals surface area contributed by atoms with Crippen molar-refractivity contribution in [1.82, 2.24) is 0 Å². The predicted molar refractivity (Wildman–Crippen MR) is 184 cm³/mol. The zero-order valence-electron chi connectivity index (χ0n) is 27.4. The first kappa shape index (κ1) is 34.0. The van der Waals surface area contributed by atoms with Gasteiger partial charge < -0.3 is 28.4 Å². The van der Waals surface area contributed by atoms with Crippen LogP contribution in [0.15, 0.2) is 109 Å². The average Bonchev–Trinajstić information content (AvgIpc) is 3.76. The molecular weight excluding hydrogens is 640 g/mol. The minimum absolute atomic E-state index is 0.121. The Morgan fingerprint density at radius 1 is 0.520 bits per heavy atom. The molecule has 6 rings (SSSR count). The van der Waals surface area contributed by atoms with E-state index in [2.05, 4.69) is 9.47 Å². The Labute approximate surface area is 288 Å². The van der Waals surface area contributed by atoms with Gasteiger partial charge in [0, 0.05) is 12.2 Å². The second-order valence-electron chi connectivity index (χ2n) is 11.6. The minimum Gasteiger partial charge on any atom is -0.466 e. The normalized spacial score (nSPS) is 19.6. The Morgan fingerprint density at radius 3 is 1.16 bits per heavy atom. The molecule has 2 heterocycles. The molecule has 4 aromatic rings. The second kappa shape index (κ2) is 15.6. The summed E-state index contributed by atoms with van der Waals surface area (Å²) in [6.45, 7) is 0.242. The summed E-state index contributed by atoms with van der Waals surface area (Å²) in [5.41, 5.74) is 6.17. The summed E-state index contributed by atoms with van der Waals surface area (Å²) < 4.78 is 32.5. The first-order valence-electron chi connectivity index (χ1n) is 15.9. The molecule has 0 spiro atoms. The summed E-state index contributed by atoms with van der Waals surface area (Å²) in [6.07, 6.45) is 3.64. The average molecular weight is 675 g/mol. The molecule has 2 saturated heterocycles. The van der Waals surface area contributed by atoms with Crippen molar-refractivity contribution in [2.75, 3.05) is 27.4 Å². The van der Waals surface area contributed by atoms with Crippen LogP contribution in [0.5, 0.6) is 0 Å². The topological polar surface area (TPSA) is 124 Å². The lowest BCUT2D eigenvalue weighted by molar-refractivity contribution is -0.135. The minimum atomic E-state index is -0.650. The van der Waals surface area contributed by atoms with Gasteiger partial charge in [-0.15, -0.1) is 0 Å². The summed E-state index contributed by atoms with van der Waals surface area (Å²) >= 11 is 0. The number of ether oxygens (including phenoxy) is 6. The molecule has 2 aliphatic heterocycles. The van der Waals surface area contributed by atoms with Crippen molar-refractivity contribution in [1.29, 1.82) is 0 Å². The number of esters is 4. The van der Waals surface area contributed by atoms with E-state index in [1.54, 1.807) is 36.4 Å². The first-order chi connectivity index (χ1) is 24.3. The van der Waals surface area contributed by atoms with Crippen molar-refractivity contribution >= 4 is 36.0 Å². The van der Waals surface area contributed by atoms with Gasteiger partial charge >= 0.3 is 23.9 Å². The van der Waals surface area contributed by atoms with Gasteiger partial charge in [-0.3, -0.25) is 0 Å². The van der Waals surface area contributed by atoms with Crippen LogP contribution in [0.25, 0.3) is 34.4 Å². The Hall–Kier alpha value is -5.84. The van der Waals surface area contributed by atoms with E-state index >= 15 is 0 Å². The molecule has 4 aromatic carbocycles. The lowest BCUT2D eigenvalue weighted by Gasteiger charge is -2.17. The van der Waals surface area contributed by atoms with Crippen LogP contribution in [-0.4, -0.2) is 75.7 Å². The fraction of sp³-hybridized carbons (Fsp3) is 0.200. The number of benzene rings is 4. The maximum Gasteiger partial charge on any atom is 0.338 e. The summed E-state index contributed by atoms with van der Waals surface area (Å²) in [5, 5.41) is 0. The lowest BCUT2D eigenvalue weighted by Crippen LogP contribution is -2.36. The van der Waals surface area contributed by atoms with Gasteiger partial charge in [0.1, 0.15) is 12.2 Å². The molecule has 0 radical (unpaired) electrons. The van der Waals surface area contributed by atoms with Crippen molar-refractivity contribution in [2.24, 2.45) is 0 Å². The van der Waals surface area contributed by atoms with Crippen molar-refractivity contribution in [3.63, 3.8) is 0 Å². The molecule has 254 valence electrons. The molecule has 2 fully saturated rings. The van der Waals surface area contributed by atoms with Gasteiger partial charge in [-0.05, 0) is 69.8 Å².